The standard InChI is InChI=1S/C17H18N4O2/c1-11-16(23-12(2)19-11)17(22)21(3)10-15-18-9-14(20-15)13-7-5-4-6-8-13/h4-9H,10H2,1-3H3,(H,18,20). The molecule has 0 aliphatic rings. The fourth-order valence-corrected chi connectivity index (χ4v) is 2.41. The lowest BCUT2D eigenvalue weighted by atomic mass is 10.2. The molecule has 0 spiro atoms. The van der Waals surface area contributed by atoms with Crippen LogP contribution in [0.5, 0.6) is 0 Å². The first kappa shape index (κ1) is 15.0. The van der Waals surface area contributed by atoms with E-state index in [2.05, 4.69) is 15.0 Å². The summed E-state index contributed by atoms with van der Waals surface area (Å²) in [5, 5.41) is 0. The molecule has 3 rings (SSSR count). The van der Waals surface area contributed by atoms with E-state index in [4.69, 9.17) is 4.42 Å². The summed E-state index contributed by atoms with van der Waals surface area (Å²) in [6, 6.07) is 9.93. The van der Waals surface area contributed by atoms with Crippen LogP contribution >= 0.6 is 0 Å². The van der Waals surface area contributed by atoms with Gasteiger partial charge in [-0.2, -0.15) is 0 Å². The smallest absolute Gasteiger partial charge is 0.291 e. The van der Waals surface area contributed by atoms with E-state index in [0.717, 1.165) is 11.3 Å². The number of nitrogens with zero attached hydrogens (tertiary/aromatic N) is 3. The van der Waals surface area contributed by atoms with Crippen molar-refractivity contribution in [2.24, 2.45) is 0 Å². The van der Waals surface area contributed by atoms with Gasteiger partial charge in [-0.3, -0.25) is 4.79 Å². The summed E-state index contributed by atoms with van der Waals surface area (Å²) in [7, 11) is 1.71. The van der Waals surface area contributed by atoms with Gasteiger partial charge >= 0.3 is 0 Å². The van der Waals surface area contributed by atoms with Crippen molar-refractivity contribution < 1.29 is 9.21 Å². The molecule has 0 aliphatic heterocycles. The maximum atomic E-state index is 12.4. The van der Waals surface area contributed by atoms with Crippen LogP contribution in [-0.2, 0) is 6.54 Å². The Balaban J connectivity index is 1.73. The van der Waals surface area contributed by atoms with Gasteiger partial charge in [-0.15, -0.1) is 0 Å². The average molecular weight is 310 g/mol. The zero-order chi connectivity index (χ0) is 16.4. The lowest BCUT2D eigenvalue weighted by molar-refractivity contribution is 0.0748. The van der Waals surface area contributed by atoms with Crippen LogP contribution in [0.1, 0.15) is 28.0 Å². The SMILES string of the molecule is Cc1nc(C)c(C(=O)N(C)Cc2ncc(-c3ccccc3)[nH]2)o1. The number of aryl methyl sites for hydroxylation is 2. The number of carbonyl (C=O) groups excluding carboxylic acids is 1. The minimum absolute atomic E-state index is 0.208. The fourth-order valence-electron chi connectivity index (χ4n) is 2.41. The van der Waals surface area contributed by atoms with Crippen molar-refractivity contribution in [3.63, 3.8) is 0 Å². The minimum atomic E-state index is -0.208. The van der Waals surface area contributed by atoms with Gasteiger partial charge in [-0.25, -0.2) is 9.97 Å². The zero-order valence-corrected chi connectivity index (χ0v) is 13.3. The van der Waals surface area contributed by atoms with Crippen molar-refractivity contribution in [1.82, 2.24) is 19.9 Å². The lowest BCUT2D eigenvalue weighted by Gasteiger charge is -2.14. The minimum Gasteiger partial charge on any atom is -0.436 e. The average Bonchev–Trinajstić information content (AvgIpc) is 3.13. The molecule has 0 saturated carbocycles. The second-order valence-corrected chi connectivity index (χ2v) is 5.42. The van der Waals surface area contributed by atoms with E-state index in [1.165, 1.54) is 0 Å². The van der Waals surface area contributed by atoms with E-state index in [1.807, 2.05) is 30.3 Å². The van der Waals surface area contributed by atoms with Crippen LogP contribution in [0.25, 0.3) is 11.3 Å². The molecule has 1 aromatic carbocycles. The molecule has 2 heterocycles. The molecule has 0 atom stereocenters. The summed E-state index contributed by atoms with van der Waals surface area (Å²) in [6.45, 7) is 3.85. The molecule has 0 radical (unpaired) electrons. The van der Waals surface area contributed by atoms with Crippen LogP contribution in [0, 0.1) is 13.8 Å². The Kier molecular flexibility index (Phi) is 3.97. The number of aromatic nitrogens is 3. The summed E-state index contributed by atoms with van der Waals surface area (Å²) in [4.78, 5) is 25.7. The molecule has 1 N–H and O–H groups in total. The van der Waals surface area contributed by atoms with E-state index in [-0.39, 0.29) is 11.7 Å². The number of carbonyl (C=O) groups is 1. The fraction of sp³-hybridized carbons (Fsp3) is 0.235. The van der Waals surface area contributed by atoms with Crippen LogP contribution < -0.4 is 0 Å². The number of oxazole rings is 1. The number of amides is 1. The normalized spacial score (nSPS) is 10.7. The van der Waals surface area contributed by atoms with Crippen molar-refractivity contribution in [3.8, 4) is 11.3 Å². The van der Waals surface area contributed by atoms with Crippen molar-refractivity contribution in [2.45, 2.75) is 20.4 Å². The Bertz CT molecular complexity index is 820. The highest BCUT2D eigenvalue weighted by molar-refractivity contribution is 5.92. The van der Waals surface area contributed by atoms with E-state index in [0.29, 0.717) is 24.0 Å². The maximum Gasteiger partial charge on any atom is 0.291 e. The molecule has 6 heteroatoms. The van der Waals surface area contributed by atoms with Gasteiger partial charge in [0.05, 0.1) is 24.1 Å². The van der Waals surface area contributed by atoms with Crippen LogP contribution in [-0.4, -0.2) is 32.8 Å². The van der Waals surface area contributed by atoms with E-state index in [1.54, 1.807) is 32.0 Å². The highest BCUT2D eigenvalue weighted by atomic mass is 16.4. The summed E-state index contributed by atoms with van der Waals surface area (Å²) < 4.78 is 5.38. The number of hydrogen-bond donors (Lipinski definition) is 1. The van der Waals surface area contributed by atoms with Crippen LogP contribution in [0.3, 0.4) is 0 Å². The summed E-state index contributed by atoms with van der Waals surface area (Å²) in [5.41, 5.74) is 2.58. The number of benzene rings is 1. The Hall–Kier alpha value is -2.89. The molecule has 1 amide bonds. The van der Waals surface area contributed by atoms with Gasteiger partial charge in [0.15, 0.2) is 5.89 Å². The zero-order valence-electron chi connectivity index (χ0n) is 13.3. The predicted octanol–water partition coefficient (Wildman–Crippen LogP) is 2.95. The van der Waals surface area contributed by atoms with Crippen LogP contribution in [0.4, 0.5) is 0 Å². The Morgan fingerprint density at radius 3 is 2.65 bits per heavy atom. The number of hydrogen-bond acceptors (Lipinski definition) is 4. The number of imidazole rings is 1. The molecule has 23 heavy (non-hydrogen) atoms. The first-order valence-corrected chi connectivity index (χ1v) is 7.33. The third-order valence-electron chi connectivity index (χ3n) is 3.54. The van der Waals surface area contributed by atoms with Crippen LogP contribution in [0.2, 0.25) is 0 Å². The number of nitrogens with one attached hydrogen (secondary N) is 1. The predicted molar refractivity (Wildman–Crippen MR) is 85.8 cm³/mol. The number of H-pyrrole nitrogens is 1. The summed E-state index contributed by atoms with van der Waals surface area (Å²) in [6.07, 6.45) is 1.77. The van der Waals surface area contributed by atoms with Gasteiger partial charge in [0.2, 0.25) is 5.76 Å². The topological polar surface area (TPSA) is 75.0 Å². The second-order valence-electron chi connectivity index (χ2n) is 5.42. The van der Waals surface area contributed by atoms with Crippen molar-refractivity contribution >= 4 is 5.91 Å². The second kappa shape index (κ2) is 6.08. The Labute approximate surface area is 134 Å². The van der Waals surface area contributed by atoms with Crippen molar-refractivity contribution in [2.75, 3.05) is 7.05 Å². The van der Waals surface area contributed by atoms with E-state index >= 15 is 0 Å². The van der Waals surface area contributed by atoms with Gasteiger partial charge in [0, 0.05) is 14.0 Å². The van der Waals surface area contributed by atoms with Crippen molar-refractivity contribution in [1.29, 1.82) is 0 Å². The van der Waals surface area contributed by atoms with Gasteiger partial charge in [-0.05, 0) is 12.5 Å². The van der Waals surface area contributed by atoms with Gasteiger partial charge in [0.25, 0.3) is 5.91 Å². The summed E-state index contributed by atoms with van der Waals surface area (Å²) in [5.74, 6) is 1.28. The third kappa shape index (κ3) is 3.15. The van der Waals surface area contributed by atoms with Gasteiger partial charge < -0.3 is 14.3 Å². The highest BCUT2D eigenvalue weighted by Gasteiger charge is 2.20. The summed E-state index contributed by atoms with van der Waals surface area (Å²) >= 11 is 0. The molecule has 3 aromatic rings. The van der Waals surface area contributed by atoms with Crippen LogP contribution in [0.15, 0.2) is 40.9 Å². The quantitative estimate of drug-likeness (QED) is 0.804. The first-order valence-electron chi connectivity index (χ1n) is 7.33. The molecular formula is C17H18N4O2. The molecule has 0 unspecified atom stereocenters. The molecular weight excluding hydrogens is 292 g/mol. The highest BCUT2D eigenvalue weighted by Crippen LogP contribution is 2.17. The first-order chi connectivity index (χ1) is 11.0. The molecule has 2 aromatic heterocycles. The van der Waals surface area contributed by atoms with E-state index < -0.39 is 0 Å². The molecule has 0 aliphatic carbocycles. The molecule has 0 fully saturated rings. The lowest BCUT2D eigenvalue weighted by Crippen LogP contribution is -2.27. The van der Waals surface area contributed by atoms with E-state index in [9.17, 15) is 4.79 Å². The molecule has 6 nitrogen and oxygen atoms in total. The maximum absolute atomic E-state index is 12.4. The van der Waals surface area contributed by atoms with Gasteiger partial charge in [0.1, 0.15) is 5.82 Å². The Morgan fingerprint density at radius 2 is 2.00 bits per heavy atom. The number of rotatable bonds is 4. The molecule has 118 valence electrons. The van der Waals surface area contributed by atoms with Gasteiger partial charge in [-0.1, -0.05) is 30.3 Å². The monoisotopic (exact) mass is 310 g/mol. The Morgan fingerprint density at radius 1 is 1.26 bits per heavy atom. The number of aromatic amines is 1. The van der Waals surface area contributed by atoms with Crippen molar-refractivity contribution in [3.05, 3.63) is 59.7 Å². The molecule has 0 saturated heterocycles. The largest absolute Gasteiger partial charge is 0.436 e. The molecule has 0 bridgehead atoms. The third-order valence-corrected chi connectivity index (χ3v) is 3.54.